The van der Waals surface area contributed by atoms with E-state index >= 15 is 0 Å². The highest BCUT2D eigenvalue weighted by Gasteiger charge is 2.08. The fourth-order valence-corrected chi connectivity index (χ4v) is 2.74. The van der Waals surface area contributed by atoms with Gasteiger partial charge >= 0.3 is 0 Å². The third kappa shape index (κ3) is 7.13. The molecule has 1 aromatic rings. The Morgan fingerprint density at radius 3 is 1.90 bits per heavy atom. The van der Waals surface area contributed by atoms with Gasteiger partial charge in [-0.2, -0.15) is 0 Å². The molecule has 1 aromatic carbocycles. The third-order valence-corrected chi connectivity index (χ3v) is 4.58. The minimum absolute atomic E-state index is 0.286. The van der Waals surface area contributed by atoms with Gasteiger partial charge in [-0.1, -0.05) is 90.0 Å². The molecule has 0 saturated carbocycles. The van der Waals surface area contributed by atoms with Crippen LogP contribution in [-0.4, -0.2) is 5.11 Å². The minimum Gasteiger partial charge on any atom is -0.388 e. The van der Waals surface area contributed by atoms with E-state index in [2.05, 4.69) is 45.0 Å². The molecule has 21 heavy (non-hydrogen) atoms. The van der Waals surface area contributed by atoms with E-state index in [1.807, 2.05) is 0 Å². The summed E-state index contributed by atoms with van der Waals surface area (Å²) in [6, 6.07) is 8.57. The Morgan fingerprint density at radius 1 is 0.810 bits per heavy atom. The summed E-state index contributed by atoms with van der Waals surface area (Å²) in [4.78, 5) is 0. The molecule has 0 aliphatic heterocycles. The van der Waals surface area contributed by atoms with E-state index in [1.165, 1.54) is 50.5 Å². The summed E-state index contributed by atoms with van der Waals surface area (Å²) in [7, 11) is 0. The lowest BCUT2D eigenvalue weighted by Crippen LogP contribution is -1.99. The maximum atomic E-state index is 10.2. The van der Waals surface area contributed by atoms with Gasteiger partial charge in [0, 0.05) is 0 Å². The first-order valence-electron chi connectivity index (χ1n) is 8.96. The van der Waals surface area contributed by atoms with Crippen LogP contribution in [0.5, 0.6) is 0 Å². The van der Waals surface area contributed by atoms with Crippen molar-refractivity contribution >= 4 is 0 Å². The summed E-state index contributed by atoms with van der Waals surface area (Å²) in [6.07, 6.45) is 10.9. The smallest absolute Gasteiger partial charge is 0.0790 e. The largest absolute Gasteiger partial charge is 0.388 e. The molecule has 0 aliphatic carbocycles. The zero-order valence-electron chi connectivity index (χ0n) is 14.3. The van der Waals surface area contributed by atoms with Crippen molar-refractivity contribution in [1.29, 1.82) is 0 Å². The van der Waals surface area contributed by atoms with Crippen LogP contribution < -0.4 is 0 Å². The molecule has 0 heterocycles. The molecule has 0 saturated heterocycles. The van der Waals surface area contributed by atoms with Crippen LogP contribution >= 0.6 is 0 Å². The van der Waals surface area contributed by atoms with Crippen LogP contribution in [-0.2, 0) is 0 Å². The molecule has 0 aromatic heterocycles. The normalized spacial score (nSPS) is 14.1. The van der Waals surface area contributed by atoms with E-state index in [1.54, 1.807) is 0 Å². The minimum atomic E-state index is -0.286. The highest BCUT2D eigenvalue weighted by atomic mass is 16.3. The van der Waals surface area contributed by atoms with Crippen molar-refractivity contribution in [2.75, 3.05) is 0 Å². The van der Waals surface area contributed by atoms with Crippen molar-refractivity contribution in [2.24, 2.45) is 0 Å². The summed E-state index contributed by atoms with van der Waals surface area (Å²) in [5.74, 6) is 0.610. The standard InChI is InChI=1S/C20H34O/c1-4-6-7-8-9-10-11-12-20(21)19-15-13-18(14-16-19)17(3)5-2/h13-17,20-21H,4-12H2,1-3H3. The zero-order chi connectivity index (χ0) is 15.5. The Morgan fingerprint density at radius 2 is 1.33 bits per heavy atom. The zero-order valence-corrected chi connectivity index (χ0v) is 14.3. The molecule has 120 valence electrons. The van der Waals surface area contributed by atoms with Crippen molar-refractivity contribution in [2.45, 2.75) is 90.6 Å². The molecule has 2 atom stereocenters. The van der Waals surface area contributed by atoms with Crippen LogP contribution in [0.3, 0.4) is 0 Å². The molecule has 1 heteroatoms. The predicted octanol–water partition coefficient (Wildman–Crippen LogP) is 6.37. The van der Waals surface area contributed by atoms with Gasteiger partial charge in [-0.15, -0.1) is 0 Å². The van der Waals surface area contributed by atoms with Crippen LogP contribution in [0.1, 0.15) is 102 Å². The van der Waals surface area contributed by atoms with Crippen molar-refractivity contribution in [3.05, 3.63) is 35.4 Å². The Labute approximate surface area is 131 Å². The summed E-state index contributed by atoms with van der Waals surface area (Å²) >= 11 is 0. The number of hydrogen-bond acceptors (Lipinski definition) is 1. The molecule has 0 radical (unpaired) electrons. The van der Waals surface area contributed by atoms with Gasteiger partial charge in [-0.05, 0) is 29.9 Å². The van der Waals surface area contributed by atoms with E-state index in [9.17, 15) is 5.11 Å². The molecule has 0 aliphatic rings. The first kappa shape index (κ1) is 18.2. The quantitative estimate of drug-likeness (QED) is 0.469. The number of hydrogen-bond donors (Lipinski definition) is 1. The third-order valence-electron chi connectivity index (χ3n) is 4.58. The van der Waals surface area contributed by atoms with E-state index < -0.39 is 0 Å². The van der Waals surface area contributed by atoms with Gasteiger partial charge in [0.2, 0.25) is 0 Å². The second-order valence-corrected chi connectivity index (χ2v) is 6.40. The molecule has 2 unspecified atom stereocenters. The lowest BCUT2D eigenvalue weighted by atomic mass is 9.95. The molecular weight excluding hydrogens is 256 g/mol. The van der Waals surface area contributed by atoms with E-state index in [4.69, 9.17) is 0 Å². The Balaban J connectivity index is 2.24. The van der Waals surface area contributed by atoms with Crippen LogP contribution in [0.4, 0.5) is 0 Å². The van der Waals surface area contributed by atoms with E-state index in [0.717, 1.165) is 18.4 Å². The van der Waals surface area contributed by atoms with E-state index in [0.29, 0.717) is 5.92 Å². The van der Waals surface area contributed by atoms with Gasteiger partial charge in [0.15, 0.2) is 0 Å². The summed E-state index contributed by atoms with van der Waals surface area (Å²) in [5.41, 5.74) is 2.46. The van der Waals surface area contributed by atoms with Crippen molar-refractivity contribution in [3.8, 4) is 0 Å². The number of benzene rings is 1. The Bertz CT molecular complexity index is 355. The first-order valence-corrected chi connectivity index (χ1v) is 8.96. The number of aliphatic hydroxyl groups excluding tert-OH is 1. The molecule has 0 bridgehead atoms. The lowest BCUT2D eigenvalue weighted by molar-refractivity contribution is 0.163. The van der Waals surface area contributed by atoms with Gasteiger partial charge in [0.05, 0.1) is 6.10 Å². The predicted molar refractivity (Wildman–Crippen MR) is 92.7 cm³/mol. The molecular formula is C20H34O. The van der Waals surface area contributed by atoms with Crippen molar-refractivity contribution in [1.82, 2.24) is 0 Å². The number of aliphatic hydroxyl groups is 1. The molecule has 0 spiro atoms. The van der Waals surface area contributed by atoms with Gasteiger partial charge in [-0.3, -0.25) is 0 Å². The van der Waals surface area contributed by atoms with Crippen LogP contribution in [0.25, 0.3) is 0 Å². The fourth-order valence-electron chi connectivity index (χ4n) is 2.74. The van der Waals surface area contributed by atoms with Gasteiger partial charge in [0.25, 0.3) is 0 Å². The monoisotopic (exact) mass is 290 g/mol. The van der Waals surface area contributed by atoms with Gasteiger partial charge in [0.1, 0.15) is 0 Å². The average molecular weight is 290 g/mol. The molecule has 0 fully saturated rings. The SMILES string of the molecule is CCCCCCCCCC(O)c1ccc(C(C)CC)cc1. The summed E-state index contributed by atoms with van der Waals surface area (Å²) in [5, 5.41) is 10.2. The lowest BCUT2D eigenvalue weighted by Gasteiger charge is -2.13. The first-order chi connectivity index (χ1) is 10.2. The Kier molecular flexibility index (Phi) is 9.41. The average Bonchev–Trinajstić information content (AvgIpc) is 2.53. The summed E-state index contributed by atoms with van der Waals surface area (Å²) < 4.78 is 0. The number of rotatable bonds is 11. The van der Waals surface area contributed by atoms with Crippen LogP contribution in [0, 0.1) is 0 Å². The Hall–Kier alpha value is -0.820. The maximum absolute atomic E-state index is 10.2. The molecule has 1 N–H and O–H groups in total. The van der Waals surface area contributed by atoms with Crippen molar-refractivity contribution in [3.63, 3.8) is 0 Å². The molecule has 1 nitrogen and oxygen atoms in total. The van der Waals surface area contributed by atoms with Crippen LogP contribution in [0.2, 0.25) is 0 Å². The molecule has 1 rings (SSSR count). The van der Waals surface area contributed by atoms with E-state index in [-0.39, 0.29) is 6.10 Å². The molecule has 0 amide bonds. The topological polar surface area (TPSA) is 20.2 Å². The van der Waals surface area contributed by atoms with Gasteiger partial charge < -0.3 is 5.11 Å². The number of unbranched alkanes of at least 4 members (excludes halogenated alkanes) is 6. The van der Waals surface area contributed by atoms with Crippen molar-refractivity contribution < 1.29 is 5.11 Å². The van der Waals surface area contributed by atoms with Crippen LogP contribution in [0.15, 0.2) is 24.3 Å². The second kappa shape index (κ2) is 10.8. The highest BCUT2D eigenvalue weighted by Crippen LogP contribution is 2.24. The highest BCUT2D eigenvalue weighted by molar-refractivity contribution is 5.26. The summed E-state index contributed by atoms with van der Waals surface area (Å²) in [6.45, 7) is 6.72. The van der Waals surface area contributed by atoms with Gasteiger partial charge in [-0.25, -0.2) is 0 Å². The second-order valence-electron chi connectivity index (χ2n) is 6.40. The maximum Gasteiger partial charge on any atom is 0.0790 e. The fraction of sp³-hybridized carbons (Fsp3) is 0.700.